The minimum Gasteiger partial charge on any atom is -0.390 e. The molecule has 2 aromatic carbocycles. The lowest BCUT2D eigenvalue weighted by atomic mass is 10.00. The number of carbonyl (C=O) groups is 1. The number of aliphatic hydroxyl groups excluding tert-OH is 1. The van der Waals surface area contributed by atoms with Crippen LogP contribution in [-0.2, 0) is 17.8 Å². The maximum atomic E-state index is 13.6. The van der Waals surface area contributed by atoms with Crippen LogP contribution in [0.3, 0.4) is 0 Å². The van der Waals surface area contributed by atoms with Crippen LogP contribution in [-0.4, -0.2) is 29.7 Å². The fourth-order valence-electron chi connectivity index (χ4n) is 3.12. The van der Waals surface area contributed by atoms with Crippen LogP contribution in [0.15, 0.2) is 42.5 Å². The molecule has 3 N–H and O–H groups in total. The van der Waals surface area contributed by atoms with Crippen molar-refractivity contribution in [1.29, 1.82) is 0 Å². The monoisotopic (exact) mass is 530 g/mol. The van der Waals surface area contributed by atoms with Gasteiger partial charge < -0.3 is 15.7 Å². The van der Waals surface area contributed by atoms with E-state index in [0.717, 1.165) is 21.6 Å². The van der Waals surface area contributed by atoms with E-state index in [-0.39, 0.29) is 18.9 Å². The molecule has 0 aromatic heterocycles. The fourth-order valence-corrected chi connectivity index (χ4v) is 3.73. The largest absolute Gasteiger partial charge is 0.390 e. The molecule has 0 saturated heterocycles. The van der Waals surface area contributed by atoms with Crippen molar-refractivity contribution in [2.24, 2.45) is 5.92 Å². The van der Waals surface area contributed by atoms with Gasteiger partial charge in [-0.3, -0.25) is 4.79 Å². The van der Waals surface area contributed by atoms with E-state index in [0.29, 0.717) is 24.4 Å². The molecule has 30 heavy (non-hydrogen) atoms. The van der Waals surface area contributed by atoms with Gasteiger partial charge in [0.2, 0.25) is 5.91 Å². The maximum Gasteiger partial charge on any atom is 0.220 e. The first-order chi connectivity index (χ1) is 14.2. The molecule has 0 aliphatic rings. The quantitative estimate of drug-likeness (QED) is 0.382. The van der Waals surface area contributed by atoms with Gasteiger partial charge in [-0.1, -0.05) is 26.0 Å². The van der Waals surface area contributed by atoms with E-state index < -0.39 is 23.8 Å². The van der Waals surface area contributed by atoms with Gasteiger partial charge in [0.15, 0.2) is 0 Å². The van der Waals surface area contributed by atoms with Crippen molar-refractivity contribution in [2.45, 2.75) is 51.8 Å². The second-order valence-electron chi connectivity index (χ2n) is 7.92. The van der Waals surface area contributed by atoms with Gasteiger partial charge in [-0.15, -0.1) is 0 Å². The zero-order valence-electron chi connectivity index (χ0n) is 17.3. The van der Waals surface area contributed by atoms with Gasteiger partial charge in [0.1, 0.15) is 11.6 Å². The maximum absolute atomic E-state index is 13.6. The molecule has 0 radical (unpaired) electrons. The Kier molecular flexibility index (Phi) is 10.1. The van der Waals surface area contributed by atoms with Crippen molar-refractivity contribution < 1.29 is 18.7 Å². The number of rotatable bonds is 11. The van der Waals surface area contributed by atoms with E-state index >= 15 is 0 Å². The highest BCUT2D eigenvalue weighted by atomic mass is 127. The number of halogens is 3. The summed E-state index contributed by atoms with van der Waals surface area (Å²) in [6, 6.07) is 10.6. The summed E-state index contributed by atoms with van der Waals surface area (Å²) in [4.78, 5) is 12.3. The molecular weight excluding hydrogens is 501 g/mol. The summed E-state index contributed by atoms with van der Waals surface area (Å²) >= 11 is 2.24. The molecule has 2 rings (SSSR count). The molecule has 2 aromatic rings. The molecule has 7 heteroatoms. The Balaban J connectivity index is 2.01. The summed E-state index contributed by atoms with van der Waals surface area (Å²) in [6.45, 7) is 4.86. The Hall–Kier alpha value is -1.58. The van der Waals surface area contributed by atoms with E-state index in [1.807, 2.05) is 38.1 Å². The Bertz CT molecular complexity index is 812. The van der Waals surface area contributed by atoms with Crippen LogP contribution >= 0.6 is 22.6 Å². The first kappa shape index (κ1) is 24.7. The highest BCUT2D eigenvalue weighted by Gasteiger charge is 2.22. The third-order valence-corrected chi connectivity index (χ3v) is 5.38. The Morgan fingerprint density at radius 3 is 2.43 bits per heavy atom. The van der Waals surface area contributed by atoms with E-state index in [4.69, 9.17) is 0 Å². The van der Waals surface area contributed by atoms with Crippen LogP contribution in [0.2, 0.25) is 0 Å². The van der Waals surface area contributed by atoms with Gasteiger partial charge in [0.25, 0.3) is 0 Å². The zero-order chi connectivity index (χ0) is 22.1. The summed E-state index contributed by atoms with van der Waals surface area (Å²) in [7, 11) is 0. The van der Waals surface area contributed by atoms with Crippen molar-refractivity contribution in [3.63, 3.8) is 0 Å². The molecule has 0 heterocycles. The molecule has 1 amide bonds. The number of hydrogen-bond acceptors (Lipinski definition) is 3. The van der Waals surface area contributed by atoms with Gasteiger partial charge in [-0.25, -0.2) is 8.78 Å². The third-order valence-electron chi connectivity index (χ3n) is 4.71. The van der Waals surface area contributed by atoms with Crippen molar-refractivity contribution in [3.05, 3.63) is 68.8 Å². The molecule has 2 unspecified atom stereocenters. The number of nitrogens with one attached hydrogen (secondary N) is 2. The zero-order valence-corrected chi connectivity index (χ0v) is 19.5. The first-order valence-corrected chi connectivity index (χ1v) is 11.2. The van der Waals surface area contributed by atoms with Crippen LogP contribution in [0.5, 0.6) is 0 Å². The van der Waals surface area contributed by atoms with Crippen LogP contribution in [0.4, 0.5) is 8.78 Å². The topological polar surface area (TPSA) is 61.4 Å². The molecule has 0 spiro atoms. The second-order valence-corrected chi connectivity index (χ2v) is 9.16. The lowest BCUT2D eigenvalue weighted by molar-refractivity contribution is -0.122. The minimum absolute atomic E-state index is 0.133. The molecule has 164 valence electrons. The standard InChI is InChI=1S/C23H29F2IN2O2/c1-15(2)6-7-23(30)28-21(11-17-8-18(24)12-19(25)9-17)22(29)14-27-13-16-4-3-5-20(26)10-16/h3-5,8-10,12,15,21-22,27,29H,6-7,11,13-14H2,1-2H3,(H,28,30). The van der Waals surface area contributed by atoms with Crippen LogP contribution in [0, 0.1) is 21.1 Å². The van der Waals surface area contributed by atoms with Gasteiger partial charge in [-0.05, 0) is 76.7 Å². The van der Waals surface area contributed by atoms with Gasteiger partial charge in [0.05, 0.1) is 12.1 Å². The molecule has 0 aliphatic carbocycles. The number of benzene rings is 2. The van der Waals surface area contributed by atoms with E-state index in [9.17, 15) is 18.7 Å². The summed E-state index contributed by atoms with van der Waals surface area (Å²) in [5, 5.41) is 16.7. The predicted molar refractivity (Wildman–Crippen MR) is 123 cm³/mol. The smallest absolute Gasteiger partial charge is 0.220 e. The summed E-state index contributed by atoms with van der Waals surface area (Å²) < 4.78 is 28.3. The first-order valence-electron chi connectivity index (χ1n) is 10.1. The van der Waals surface area contributed by atoms with Crippen molar-refractivity contribution >= 4 is 28.5 Å². The van der Waals surface area contributed by atoms with Crippen molar-refractivity contribution in [1.82, 2.24) is 10.6 Å². The second kappa shape index (κ2) is 12.3. The predicted octanol–water partition coefficient (Wildman–Crippen LogP) is 4.18. The number of aliphatic hydroxyl groups is 1. The highest BCUT2D eigenvalue weighted by Crippen LogP contribution is 2.13. The van der Waals surface area contributed by atoms with Crippen LogP contribution < -0.4 is 10.6 Å². The molecule has 0 fully saturated rings. The third kappa shape index (κ3) is 9.06. The average molecular weight is 530 g/mol. The Morgan fingerprint density at radius 1 is 1.10 bits per heavy atom. The van der Waals surface area contributed by atoms with Crippen LogP contribution in [0.25, 0.3) is 0 Å². The normalized spacial score (nSPS) is 13.3. The summed E-state index contributed by atoms with van der Waals surface area (Å²) in [5.41, 5.74) is 1.47. The molecule has 4 nitrogen and oxygen atoms in total. The molecule has 0 saturated carbocycles. The summed E-state index contributed by atoms with van der Waals surface area (Å²) in [5.74, 6) is -1.16. The van der Waals surface area contributed by atoms with Crippen molar-refractivity contribution in [2.75, 3.05) is 6.54 Å². The van der Waals surface area contributed by atoms with E-state index in [1.54, 1.807) is 0 Å². The number of carbonyl (C=O) groups excluding carboxylic acids is 1. The number of amides is 1. The summed E-state index contributed by atoms with van der Waals surface area (Å²) in [6.07, 6.45) is 0.290. The number of hydrogen-bond donors (Lipinski definition) is 3. The van der Waals surface area contributed by atoms with Gasteiger partial charge in [-0.2, -0.15) is 0 Å². The average Bonchev–Trinajstić information content (AvgIpc) is 2.65. The lowest BCUT2D eigenvalue weighted by Crippen LogP contribution is -2.48. The lowest BCUT2D eigenvalue weighted by Gasteiger charge is -2.25. The minimum atomic E-state index is -0.915. The SMILES string of the molecule is CC(C)CCC(=O)NC(Cc1cc(F)cc(F)c1)C(O)CNCc1cccc(I)c1. The van der Waals surface area contributed by atoms with Crippen molar-refractivity contribution in [3.8, 4) is 0 Å². The molecule has 0 bridgehead atoms. The Morgan fingerprint density at radius 2 is 1.80 bits per heavy atom. The molecule has 0 aliphatic heterocycles. The van der Waals surface area contributed by atoms with E-state index in [2.05, 4.69) is 33.2 Å². The van der Waals surface area contributed by atoms with Crippen LogP contribution in [0.1, 0.15) is 37.8 Å². The molecular formula is C23H29F2IN2O2. The van der Waals surface area contributed by atoms with Gasteiger partial charge in [0, 0.05) is 29.1 Å². The fraction of sp³-hybridized carbons (Fsp3) is 0.435. The Labute approximate surface area is 190 Å². The molecule has 2 atom stereocenters. The van der Waals surface area contributed by atoms with Gasteiger partial charge >= 0.3 is 0 Å². The van der Waals surface area contributed by atoms with E-state index in [1.165, 1.54) is 12.1 Å². The highest BCUT2D eigenvalue weighted by molar-refractivity contribution is 14.1.